The van der Waals surface area contributed by atoms with E-state index in [0.717, 1.165) is 51.3 Å². The molecule has 208 valence electrons. The number of amides is 1. The van der Waals surface area contributed by atoms with Crippen molar-refractivity contribution in [3.8, 4) is 28.1 Å². The Morgan fingerprint density at radius 1 is 0.833 bits per heavy atom. The topological polar surface area (TPSA) is 107 Å². The molecule has 0 unspecified atom stereocenters. The molecule has 4 N–H and O–H groups in total. The van der Waals surface area contributed by atoms with Crippen LogP contribution in [0.25, 0.3) is 27.9 Å². The molecule has 42 heavy (non-hydrogen) atoms. The third-order valence-corrected chi connectivity index (χ3v) is 7.02. The molecule has 6 rings (SSSR count). The first kappa shape index (κ1) is 26.7. The zero-order valence-corrected chi connectivity index (χ0v) is 23.1. The second-order valence-corrected chi connectivity index (χ2v) is 9.83. The van der Waals surface area contributed by atoms with Gasteiger partial charge >= 0.3 is 0 Å². The second kappa shape index (κ2) is 12.0. The standard InChI is InChI=1S/C34H30N6O2/c1-42-31-4-2-3-27(21-31)24-9-11-25(12-10-24)32-22-30-18-20-36-40(30)34(39-32)38-29-15-13-28(14-16-29)37-33(41)26-7-5-23(6-8-26)17-19-35/h2-16,18,20-22H,17,19,35H2,1H3,(H,37,41)(H,38,39). The van der Waals surface area contributed by atoms with Gasteiger partial charge in [-0.3, -0.25) is 4.79 Å². The van der Waals surface area contributed by atoms with Gasteiger partial charge in [0, 0.05) is 22.5 Å². The number of fused-ring (bicyclic) bond motifs is 1. The van der Waals surface area contributed by atoms with E-state index in [2.05, 4.69) is 46.1 Å². The molecule has 6 aromatic rings. The van der Waals surface area contributed by atoms with Crippen LogP contribution < -0.4 is 21.1 Å². The molecular formula is C34H30N6O2. The van der Waals surface area contributed by atoms with Crippen molar-refractivity contribution in [2.24, 2.45) is 5.73 Å². The van der Waals surface area contributed by atoms with Gasteiger partial charge in [-0.05, 0) is 90.3 Å². The van der Waals surface area contributed by atoms with Gasteiger partial charge in [0.1, 0.15) is 5.75 Å². The molecule has 4 aromatic carbocycles. The number of benzene rings is 4. The fourth-order valence-corrected chi connectivity index (χ4v) is 4.76. The molecule has 0 spiro atoms. The van der Waals surface area contributed by atoms with Crippen molar-refractivity contribution < 1.29 is 9.53 Å². The second-order valence-electron chi connectivity index (χ2n) is 9.83. The zero-order valence-electron chi connectivity index (χ0n) is 23.1. The largest absolute Gasteiger partial charge is 0.497 e. The van der Waals surface area contributed by atoms with Gasteiger partial charge in [-0.25, -0.2) is 9.50 Å². The molecule has 0 saturated heterocycles. The minimum atomic E-state index is -0.167. The third-order valence-electron chi connectivity index (χ3n) is 7.02. The highest BCUT2D eigenvalue weighted by atomic mass is 16.5. The highest BCUT2D eigenvalue weighted by Gasteiger charge is 2.11. The van der Waals surface area contributed by atoms with Crippen molar-refractivity contribution in [3.05, 3.63) is 127 Å². The molecule has 0 aliphatic heterocycles. The maximum absolute atomic E-state index is 12.7. The highest BCUT2D eigenvalue weighted by molar-refractivity contribution is 6.04. The maximum Gasteiger partial charge on any atom is 0.255 e. The molecule has 0 saturated carbocycles. The van der Waals surface area contributed by atoms with Crippen molar-refractivity contribution in [1.82, 2.24) is 14.6 Å². The molecule has 0 atom stereocenters. The Bertz CT molecular complexity index is 1830. The summed E-state index contributed by atoms with van der Waals surface area (Å²) in [7, 11) is 1.67. The van der Waals surface area contributed by atoms with Crippen LogP contribution in [0, 0.1) is 0 Å². The number of anilines is 3. The lowest BCUT2D eigenvalue weighted by molar-refractivity contribution is 0.102. The minimum absolute atomic E-state index is 0.167. The van der Waals surface area contributed by atoms with Crippen LogP contribution in [0.4, 0.5) is 17.3 Å². The van der Waals surface area contributed by atoms with E-state index in [-0.39, 0.29) is 5.91 Å². The molecule has 0 bridgehead atoms. The lowest BCUT2D eigenvalue weighted by atomic mass is 10.0. The van der Waals surface area contributed by atoms with Gasteiger partial charge in [0.2, 0.25) is 5.95 Å². The first-order valence-electron chi connectivity index (χ1n) is 13.7. The number of carbonyl (C=O) groups excluding carboxylic acids is 1. The number of aromatic nitrogens is 3. The molecule has 0 aliphatic carbocycles. The van der Waals surface area contributed by atoms with E-state index in [1.165, 1.54) is 0 Å². The maximum atomic E-state index is 12.7. The lowest BCUT2D eigenvalue weighted by Crippen LogP contribution is -2.12. The number of hydrogen-bond acceptors (Lipinski definition) is 6. The molecule has 1 amide bonds. The van der Waals surface area contributed by atoms with E-state index < -0.39 is 0 Å². The summed E-state index contributed by atoms with van der Waals surface area (Å²) in [5.41, 5.74) is 13.7. The van der Waals surface area contributed by atoms with Crippen LogP contribution in [0.1, 0.15) is 15.9 Å². The van der Waals surface area contributed by atoms with E-state index in [1.807, 2.05) is 78.9 Å². The summed E-state index contributed by atoms with van der Waals surface area (Å²) in [6, 6.07) is 35.3. The van der Waals surface area contributed by atoms with Crippen LogP contribution in [0.15, 0.2) is 115 Å². The molecule has 8 heteroatoms. The molecule has 2 aromatic heterocycles. The predicted octanol–water partition coefficient (Wildman–Crippen LogP) is 6.57. The SMILES string of the molecule is COc1cccc(-c2ccc(-c3cc4ccnn4c(Nc4ccc(NC(=O)c5ccc(CCN)cc5)cc4)n3)cc2)c1. The number of carbonyl (C=O) groups is 1. The number of hydrogen-bond donors (Lipinski definition) is 3. The number of ether oxygens (including phenoxy) is 1. The Balaban J connectivity index is 1.19. The van der Waals surface area contributed by atoms with E-state index in [0.29, 0.717) is 23.7 Å². The summed E-state index contributed by atoms with van der Waals surface area (Å²) in [6.45, 7) is 0.579. The van der Waals surface area contributed by atoms with E-state index in [9.17, 15) is 4.79 Å². The number of rotatable bonds is 9. The molecule has 0 aliphatic rings. The molecule has 0 radical (unpaired) electrons. The smallest absolute Gasteiger partial charge is 0.255 e. The highest BCUT2D eigenvalue weighted by Crippen LogP contribution is 2.28. The number of nitrogens with zero attached hydrogens (tertiary/aromatic N) is 3. The van der Waals surface area contributed by atoms with E-state index in [4.69, 9.17) is 15.5 Å². The van der Waals surface area contributed by atoms with Crippen molar-refractivity contribution in [2.75, 3.05) is 24.3 Å². The lowest BCUT2D eigenvalue weighted by Gasteiger charge is -2.12. The van der Waals surface area contributed by atoms with Crippen molar-refractivity contribution in [3.63, 3.8) is 0 Å². The van der Waals surface area contributed by atoms with Crippen molar-refractivity contribution >= 4 is 28.7 Å². The summed E-state index contributed by atoms with van der Waals surface area (Å²) in [5.74, 6) is 1.24. The number of nitrogens with one attached hydrogen (secondary N) is 2. The van der Waals surface area contributed by atoms with Gasteiger partial charge in [-0.15, -0.1) is 0 Å². The molecular weight excluding hydrogens is 524 g/mol. The first-order valence-corrected chi connectivity index (χ1v) is 13.7. The number of nitrogens with two attached hydrogens (primary N) is 1. The van der Waals surface area contributed by atoms with Gasteiger partial charge in [-0.2, -0.15) is 5.10 Å². The van der Waals surface area contributed by atoms with Crippen LogP contribution in [0.3, 0.4) is 0 Å². The van der Waals surface area contributed by atoms with Gasteiger partial charge in [0.15, 0.2) is 0 Å². The quantitative estimate of drug-likeness (QED) is 0.187. The average molecular weight is 555 g/mol. The van der Waals surface area contributed by atoms with Crippen LogP contribution in [-0.4, -0.2) is 34.2 Å². The Labute approximate surface area is 243 Å². The molecule has 2 heterocycles. The summed E-state index contributed by atoms with van der Waals surface area (Å²) in [5, 5.41) is 10.8. The Hall–Kier alpha value is -5.47. The monoisotopic (exact) mass is 554 g/mol. The molecule has 8 nitrogen and oxygen atoms in total. The van der Waals surface area contributed by atoms with Crippen molar-refractivity contribution in [1.29, 1.82) is 0 Å². The van der Waals surface area contributed by atoms with Crippen LogP contribution in [0.5, 0.6) is 5.75 Å². The Kier molecular flexibility index (Phi) is 7.61. The Morgan fingerprint density at radius 2 is 1.57 bits per heavy atom. The van der Waals surface area contributed by atoms with E-state index in [1.54, 1.807) is 17.8 Å². The third kappa shape index (κ3) is 5.84. The first-order chi connectivity index (χ1) is 20.6. The summed E-state index contributed by atoms with van der Waals surface area (Å²) in [4.78, 5) is 17.6. The van der Waals surface area contributed by atoms with E-state index >= 15 is 0 Å². The van der Waals surface area contributed by atoms with Gasteiger partial charge in [-0.1, -0.05) is 48.5 Å². The van der Waals surface area contributed by atoms with Crippen LogP contribution in [-0.2, 0) is 6.42 Å². The minimum Gasteiger partial charge on any atom is -0.497 e. The van der Waals surface area contributed by atoms with Crippen molar-refractivity contribution in [2.45, 2.75) is 6.42 Å². The molecule has 0 fully saturated rings. The fourth-order valence-electron chi connectivity index (χ4n) is 4.76. The van der Waals surface area contributed by atoms with Gasteiger partial charge < -0.3 is 21.1 Å². The normalized spacial score (nSPS) is 10.9. The Morgan fingerprint density at radius 3 is 2.31 bits per heavy atom. The van der Waals surface area contributed by atoms with Crippen LogP contribution >= 0.6 is 0 Å². The predicted molar refractivity (Wildman–Crippen MR) is 167 cm³/mol. The van der Waals surface area contributed by atoms with Gasteiger partial charge in [0.25, 0.3) is 5.91 Å². The summed E-state index contributed by atoms with van der Waals surface area (Å²) < 4.78 is 7.13. The summed E-state index contributed by atoms with van der Waals surface area (Å²) in [6.07, 6.45) is 2.54. The van der Waals surface area contributed by atoms with Crippen LogP contribution in [0.2, 0.25) is 0 Å². The zero-order chi connectivity index (χ0) is 28.9. The number of methoxy groups -OCH3 is 1. The van der Waals surface area contributed by atoms with Gasteiger partial charge in [0.05, 0.1) is 24.5 Å². The summed E-state index contributed by atoms with van der Waals surface area (Å²) >= 11 is 0. The fraction of sp³-hybridized carbons (Fsp3) is 0.0882. The average Bonchev–Trinajstić information content (AvgIpc) is 3.52.